The van der Waals surface area contributed by atoms with E-state index in [1.165, 1.54) is 0 Å². The number of Topliss-reactive ketones (excluding diaryl/α,β-unsaturated/α-hetero) is 1. The van der Waals surface area contributed by atoms with E-state index in [2.05, 4.69) is 24.5 Å². The molecule has 212 valence electrons. The third kappa shape index (κ3) is 5.58. The summed E-state index contributed by atoms with van der Waals surface area (Å²) in [4.78, 5) is 66.9. The van der Waals surface area contributed by atoms with Gasteiger partial charge in [0.05, 0.1) is 6.04 Å². The SMILES string of the molecule is CC(C)C(=O)N[C@H](C(=O)N1CC2C(C1C(=O)NC(CC1CC1)C(=O)C(N)=O)C2(C)C)C(C)(C)c1ccccc1. The number of carbonyl (C=O) groups is 5. The molecule has 9 nitrogen and oxygen atoms in total. The fourth-order valence-corrected chi connectivity index (χ4v) is 6.22. The van der Waals surface area contributed by atoms with Crippen LogP contribution in [0.5, 0.6) is 0 Å². The van der Waals surface area contributed by atoms with Crippen molar-refractivity contribution < 1.29 is 24.0 Å². The van der Waals surface area contributed by atoms with E-state index >= 15 is 0 Å². The van der Waals surface area contributed by atoms with Gasteiger partial charge in [0.1, 0.15) is 12.1 Å². The predicted molar refractivity (Wildman–Crippen MR) is 146 cm³/mol. The Labute approximate surface area is 230 Å². The smallest absolute Gasteiger partial charge is 0.287 e. The van der Waals surface area contributed by atoms with Crippen molar-refractivity contribution in [2.24, 2.45) is 34.8 Å². The summed E-state index contributed by atoms with van der Waals surface area (Å²) >= 11 is 0. The van der Waals surface area contributed by atoms with Crippen molar-refractivity contribution in [3.63, 3.8) is 0 Å². The summed E-state index contributed by atoms with van der Waals surface area (Å²) in [6, 6.07) is 6.79. The number of nitrogens with two attached hydrogens (primary N) is 1. The van der Waals surface area contributed by atoms with E-state index in [9.17, 15) is 24.0 Å². The van der Waals surface area contributed by atoms with Crippen LogP contribution in [0.25, 0.3) is 0 Å². The first-order valence-corrected chi connectivity index (χ1v) is 14.0. The zero-order valence-corrected chi connectivity index (χ0v) is 23.8. The number of nitrogens with zero attached hydrogens (tertiary/aromatic N) is 1. The lowest BCUT2D eigenvalue weighted by atomic mass is 9.76. The van der Waals surface area contributed by atoms with E-state index in [1.54, 1.807) is 18.7 Å². The minimum atomic E-state index is -1.08. The molecule has 0 aromatic heterocycles. The summed E-state index contributed by atoms with van der Waals surface area (Å²) in [5.41, 5.74) is 5.25. The van der Waals surface area contributed by atoms with E-state index < -0.39 is 41.1 Å². The van der Waals surface area contributed by atoms with E-state index in [4.69, 9.17) is 5.73 Å². The molecule has 1 heterocycles. The molecular weight excluding hydrogens is 496 g/mol. The second-order valence-corrected chi connectivity index (χ2v) is 13.0. The molecule has 3 fully saturated rings. The number of amides is 4. The summed E-state index contributed by atoms with van der Waals surface area (Å²) in [5, 5.41) is 5.76. The molecule has 4 N–H and O–H groups in total. The molecule has 0 radical (unpaired) electrons. The maximum atomic E-state index is 14.3. The first-order chi connectivity index (χ1) is 18.2. The van der Waals surface area contributed by atoms with Gasteiger partial charge in [0.2, 0.25) is 23.5 Å². The summed E-state index contributed by atoms with van der Waals surface area (Å²) in [5.74, 6) is -2.96. The molecule has 2 saturated carbocycles. The molecule has 0 bridgehead atoms. The Bertz CT molecular complexity index is 1160. The second-order valence-electron chi connectivity index (χ2n) is 13.0. The minimum absolute atomic E-state index is 0.0898. The lowest BCUT2D eigenvalue weighted by molar-refractivity contribution is -0.146. The van der Waals surface area contributed by atoms with Crippen molar-refractivity contribution in [2.45, 2.75) is 84.3 Å². The number of hydrogen-bond donors (Lipinski definition) is 3. The van der Waals surface area contributed by atoms with Gasteiger partial charge in [-0.1, -0.05) is 84.7 Å². The van der Waals surface area contributed by atoms with Crippen LogP contribution in [0.2, 0.25) is 0 Å². The number of piperidine rings is 1. The van der Waals surface area contributed by atoms with Crippen molar-refractivity contribution in [1.82, 2.24) is 15.5 Å². The molecule has 1 saturated heterocycles. The number of rotatable bonds is 11. The number of ketones is 1. The van der Waals surface area contributed by atoms with E-state index in [1.807, 2.05) is 44.2 Å². The Hall–Kier alpha value is -3.23. The van der Waals surface area contributed by atoms with Crippen LogP contribution >= 0.6 is 0 Å². The average Bonchev–Trinajstić information content (AvgIpc) is 3.73. The molecule has 1 aromatic rings. The van der Waals surface area contributed by atoms with Crippen molar-refractivity contribution in [3.8, 4) is 0 Å². The van der Waals surface area contributed by atoms with Crippen LogP contribution in [0, 0.1) is 29.1 Å². The van der Waals surface area contributed by atoms with Gasteiger partial charge in [-0.2, -0.15) is 0 Å². The number of hydrogen-bond acceptors (Lipinski definition) is 5. The van der Waals surface area contributed by atoms with E-state index in [-0.39, 0.29) is 40.9 Å². The van der Waals surface area contributed by atoms with Crippen LogP contribution in [0.1, 0.15) is 66.4 Å². The highest BCUT2D eigenvalue weighted by atomic mass is 16.2. The zero-order chi connectivity index (χ0) is 28.9. The topological polar surface area (TPSA) is 139 Å². The zero-order valence-electron chi connectivity index (χ0n) is 23.8. The third-order valence-corrected chi connectivity index (χ3v) is 9.20. The molecule has 4 amide bonds. The highest BCUT2D eigenvalue weighted by Gasteiger charge is 2.70. The van der Waals surface area contributed by atoms with Gasteiger partial charge >= 0.3 is 0 Å². The van der Waals surface area contributed by atoms with Crippen molar-refractivity contribution in [1.29, 1.82) is 0 Å². The fraction of sp³-hybridized carbons (Fsp3) is 0.633. The minimum Gasteiger partial charge on any atom is -0.363 e. The molecule has 2 aliphatic carbocycles. The Morgan fingerprint density at radius 2 is 1.67 bits per heavy atom. The van der Waals surface area contributed by atoms with E-state index in [0.717, 1.165) is 18.4 Å². The van der Waals surface area contributed by atoms with Gasteiger partial charge in [-0.3, -0.25) is 24.0 Å². The Balaban J connectivity index is 1.64. The van der Waals surface area contributed by atoms with Crippen LogP contribution in [0.15, 0.2) is 30.3 Å². The summed E-state index contributed by atoms with van der Waals surface area (Å²) < 4.78 is 0. The van der Waals surface area contributed by atoms with Crippen LogP contribution in [-0.4, -0.2) is 59.0 Å². The van der Waals surface area contributed by atoms with Gasteiger partial charge in [0, 0.05) is 17.9 Å². The Morgan fingerprint density at radius 3 is 2.21 bits per heavy atom. The highest BCUT2D eigenvalue weighted by molar-refractivity contribution is 6.37. The van der Waals surface area contributed by atoms with Crippen LogP contribution in [0.4, 0.5) is 0 Å². The van der Waals surface area contributed by atoms with Gasteiger partial charge in [-0.05, 0) is 35.2 Å². The quantitative estimate of drug-likeness (QED) is 0.370. The standard InChI is InChI=1S/C30H42N4O5/c1-16(2)26(37)33-24(29(3,4)18-10-8-7-9-11-18)28(39)34-15-19-21(30(19,5)6)22(34)27(38)32-20(14-17-12-13-17)23(35)25(31)36/h7-11,16-17,19-22,24H,12-15H2,1-6H3,(H2,31,36)(H,32,38)(H,33,37)/t19?,20?,21?,22?,24-/m1/s1. The molecule has 4 unspecified atom stereocenters. The summed E-state index contributed by atoms with van der Waals surface area (Å²) in [7, 11) is 0. The van der Waals surface area contributed by atoms with Gasteiger partial charge in [0.25, 0.3) is 5.91 Å². The second kappa shape index (κ2) is 10.4. The first-order valence-electron chi connectivity index (χ1n) is 14.0. The number of primary amides is 1. The molecule has 9 heteroatoms. The molecular formula is C30H42N4O5. The molecule has 4 rings (SSSR count). The van der Waals surface area contributed by atoms with Crippen molar-refractivity contribution in [2.75, 3.05) is 6.54 Å². The summed E-state index contributed by atoms with van der Waals surface area (Å²) in [6.07, 6.45) is 2.24. The molecule has 3 aliphatic rings. The maximum Gasteiger partial charge on any atom is 0.287 e. The first kappa shape index (κ1) is 28.8. The van der Waals surface area contributed by atoms with Gasteiger partial charge in [-0.25, -0.2) is 0 Å². The van der Waals surface area contributed by atoms with Gasteiger partial charge in [-0.15, -0.1) is 0 Å². The lowest BCUT2D eigenvalue weighted by Crippen LogP contribution is -2.62. The molecule has 1 aromatic carbocycles. The molecule has 5 atom stereocenters. The Morgan fingerprint density at radius 1 is 1.05 bits per heavy atom. The molecule has 0 spiro atoms. The normalized spacial score (nSPS) is 24.9. The predicted octanol–water partition coefficient (Wildman–Crippen LogP) is 1.93. The van der Waals surface area contributed by atoms with E-state index in [0.29, 0.717) is 13.0 Å². The maximum absolute atomic E-state index is 14.3. The van der Waals surface area contributed by atoms with Crippen molar-refractivity contribution in [3.05, 3.63) is 35.9 Å². The number of nitrogens with one attached hydrogen (secondary N) is 2. The lowest BCUT2D eigenvalue weighted by Gasteiger charge is -2.40. The van der Waals surface area contributed by atoms with Crippen molar-refractivity contribution >= 4 is 29.4 Å². The number of carbonyl (C=O) groups excluding carboxylic acids is 5. The average molecular weight is 539 g/mol. The monoisotopic (exact) mass is 538 g/mol. The van der Waals surface area contributed by atoms with Crippen LogP contribution < -0.4 is 16.4 Å². The fourth-order valence-electron chi connectivity index (χ4n) is 6.22. The highest BCUT2D eigenvalue weighted by Crippen LogP contribution is 2.65. The largest absolute Gasteiger partial charge is 0.363 e. The molecule has 1 aliphatic heterocycles. The number of likely N-dealkylation sites (tertiary alicyclic amines) is 1. The van der Waals surface area contributed by atoms with Gasteiger partial charge in [0.15, 0.2) is 0 Å². The van der Waals surface area contributed by atoms with Gasteiger partial charge < -0.3 is 21.3 Å². The van der Waals surface area contributed by atoms with Crippen LogP contribution in [-0.2, 0) is 29.4 Å². The molecule has 39 heavy (non-hydrogen) atoms. The third-order valence-electron chi connectivity index (χ3n) is 9.20. The Kier molecular flexibility index (Phi) is 7.67. The number of benzene rings is 1. The van der Waals surface area contributed by atoms with Crippen LogP contribution in [0.3, 0.4) is 0 Å². The summed E-state index contributed by atoms with van der Waals surface area (Å²) in [6.45, 7) is 11.9. The number of fused-ring (bicyclic) bond motifs is 1.